The van der Waals surface area contributed by atoms with E-state index in [2.05, 4.69) is 40.7 Å². The van der Waals surface area contributed by atoms with E-state index in [-0.39, 0.29) is 0 Å². The number of benzene rings is 1. The second-order valence-electron chi connectivity index (χ2n) is 4.39. The molecule has 0 aromatic heterocycles. The van der Waals surface area contributed by atoms with Crippen LogP contribution in [0.15, 0.2) is 24.3 Å². The monoisotopic (exact) mass is 266 g/mol. The van der Waals surface area contributed by atoms with E-state index in [1.54, 1.807) is 0 Å². The maximum atomic E-state index is 5.41. The molecule has 0 unspecified atom stereocenters. The average molecular weight is 266 g/mol. The topological polar surface area (TPSA) is 24.5 Å². The quantitative estimate of drug-likeness (QED) is 0.800. The first-order valence-corrected chi connectivity index (χ1v) is 7.96. The van der Waals surface area contributed by atoms with Crippen LogP contribution in [-0.2, 0) is 4.74 Å². The second kappa shape index (κ2) is 7.54. The highest BCUT2D eigenvalue weighted by atomic mass is 32.2. The largest absolute Gasteiger partial charge is 0.383 e. The molecule has 18 heavy (non-hydrogen) atoms. The van der Waals surface area contributed by atoms with Crippen molar-refractivity contribution in [2.75, 3.05) is 55.1 Å². The van der Waals surface area contributed by atoms with Crippen molar-refractivity contribution in [3.05, 3.63) is 24.3 Å². The third kappa shape index (κ3) is 3.82. The summed E-state index contributed by atoms with van der Waals surface area (Å²) in [5.74, 6) is 1.22. The summed E-state index contributed by atoms with van der Waals surface area (Å²) in [4.78, 5) is 2.40. The van der Waals surface area contributed by atoms with Crippen molar-refractivity contribution in [2.45, 2.75) is 6.42 Å². The molecule has 2 rings (SSSR count). The van der Waals surface area contributed by atoms with E-state index in [0.717, 1.165) is 32.8 Å². The fourth-order valence-electron chi connectivity index (χ4n) is 2.14. The molecule has 1 heterocycles. The summed E-state index contributed by atoms with van der Waals surface area (Å²) in [7, 11) is 0. The molecule has 1 N–H and O–H groups in total. The van der Waals surface area contributed by atoms with Crippen LogP contribution >= 0.6 is 11.8 Å². The van der Waals surface area contributed by atoms with E-state index in [1.165, 1.54) is 23.5 Å². The van der Waals surface area contributed by atoms with Gasteiger partial charge in [-0.05, 0) is 30.6 Å². The first-order chi connectivity index (χ1) is 8.92. The van der Waals surface area contributed by atoms with Crippen LogP contribution < -0.4 is 10.2 Å². The van der Waals surface area contributed by atoms with Crippen molar-refractivity contribution in [1.29, 1.82) is 0 Å². The fourth-order valence-corrected chi connectivity index (χ4v) is 2.58. The Kier molecular flexibility index (Phi) is 5.68. The Morgan fingerprint density at radius 1 is 1.28 bits per heavy atom. The number of rotatable bonds is 6. The van der Waals surface area contributed by atoms with E-state index < -0.39 is 0 Å². The van der Waals surface area contributed by atoms with Crippen LogP contribution in [0.3, 0.4) is 0 Å². The zero-order chi connectivity index (χ0) is 12.6. The first-order valence-electron chi connectivity index (χ1n) is 6.56. The minimum atomic E-state index is 0.834. The number of nitrogens with one attached hydrogen (secondary N) is 1. The number of ether oxygens (including phenoxy) is 1. The van der Waals surface area contributed by atoms with Crippen molar-refractivity contribution in [3.63, 3.8) is 0 Å². The summed E-state index contributed by atoms with van der Waals surface area (Å²) >= 11 is 1.90. The SMILES string of the molecule is CSCCCNc1ccccc1N1CCOCC1. The molecule has 1 saturated heterocycles. The Labute approximate surface area is 114 Å². The van der Waals surface area contributed by atoms with Gasteiger partial charge in [0, 0.05) is 19.6 Å². The Morgan fingerprint density at radius 2 is 2.06 bits per heavy atom. The van der Waals surface area contributed by atoms with E-state index in [1.807, 2.05) is 11.8 Å². The van der Waals surface area contributed by atoms with Crippen LogP contribution in [-0.4, -0.2) is 44.9 Å². The van der Waals surface area contributed by atoms with Crippen molar-refractivity contribution < 1.29 is 4.74 Å². The lowest BCUT2D eigenvalue weighted by atomic mass is 10.2. The molecule has 1 aromatic rings. The van der Waals surface area contributed by atoms with Gasteiger partial charge in [-0.3, -0.25) is 0 Å². The molecule has 1 fully saturated rings. The molecule has 1 aliphatic heterocycles. The lowest BCUT2D eigenvalue weighted by molar-refractivity contribution is 0.123. The number of nitrogens with zero attached hydrogens (tertiary/aromatic N) is 1. The molecular formula is C14H22N2OS. The van der Waals surface area contributed by atoms with Gasteiger partial charge in [0.2, 0.25) is 0 Å². The van der Waals surface area contributed by atoms with Crippen LogP contribution in [0.4, 0.5) is 11.4 Å². The third-order valence-electron chi connectivity index (χ3n) is 3.10. The van der Waals surface area contributed by atoms with Crippen LogP contribution in [0.25, 0.3) is 0 Å². The van der Waals surface area contributed by atoms with Gasteiger partial charge in [0.1, 0.15) is 0 Å². The van der Waals surface area contributed by atoms with Gasteiger partial charge in [-0.25, -0.2) is 0 Å². The predicted octanol–water partition coefficient (Wildman–Crippen LogP) is 2.69. The minimum absolute atomic E-state index is 0.834. The highest BCUT2D eigenvalue weighted by Crippen LogP contribution is 2.26. The summed E-state index contributed by atoms with van der Waals surface area (Å²) in [5, 5.41) is 3.55. The van der Waals surface area contributed by atoms with Crippen LogP contribution in [0.5, 0.6) is 0 Å². The van der Waals surface area contributed by atoms with E-state index >= 15 is 0 Å². The molecule has 0 saturated carbocycles. The van der Waals surface area contributed by atoms with Crippen molar-refractivity contribution in [1.82, 2.24) is 0 Å². The van der Waals surface area contributed by atoms with Crippen molar-refractivity contribution in [2.24, 2.45) is 0 Å². The highest BCUT2D eigenvalue weighted by molar-refractivity contribution is 7.98. The van der Waals surface area contributed by atoms with Crippen molar-refractivity contribution >= 4 is 23.1 Å². The fraction of sp³-hybridized carbons (Fsp3) is 0.571. The molecule has 0 atom stereocenters. The maximum Gasteiger partial charge on any atom is 0.0642 e. The molecule has 3 nitrogen and oxygen atoms in total. The summed E-state index contributed by atoms with van der Waals surface area (Å²) < 4.78 is 5.41. The molecule has 0 amide bonds. The lowest BCUT2D eigenvalue weighted by Gasteiger charge is -2.30. The summed E-state index contributed by atoms with van der Waals surface area (Å²) in [5.41, 5.74) is 2.56. The minimum Gasteiger partial charge on any atom is -0.383 e. The number of thioether (sulfide) groups is 1. The predicted molar refractivity (Wildman–Crippen MR) is 81.0 cm³/mol. The maximum absolute atomic E-state index is 5.41. The second-order valence-corrected chi connectivity index (χ2v) is 5.38. The Morgan fingerprint density at radius 3 is 2.83 bits per heavy atom. The van der Waals surface area contributed by atoms with E-state index in [4.69, 9.17) is 4.74 Å². The summed E-state index contributed by atoms with van der Waals surface area (Å²) in [6.45, 7) is 4.69. The zero-order valence-electron chi connectivity index (χ0n) is 11.0. The Bertz CT molecular complexity index is 353. The number of hydrogen-bond donors (Lipinski definition) is 1. The molecule has 1 aromatic carbocycles. The number of anilines is 2. The smallest absolute Gasteiger partial charge is 0.0642 e. The average Bonchev–Trinajstić information content (AvgIpc) is 2.45. The van der Waals surface area contributed by atoms with Crippen LogP contribution in [0, 0.1) is 0 Å². The highest BCUT2D eigenvalue weighted by Gasteiger charge is 2.13. The summed E-state index contributed by atoms with van der Waals surface area (Å²) in [6, 6.07) is 8.57. The van der Waals surface area contributed by atoms with E-state index in [0.29, 0.717) is 0 Å². The number of para-hydroxylation sites is 2. The van der Waals surface area contributed by atoms with Crippen molar-refractivity contribution in [3.8, 4) is 0 Å². The van der Waals surface area contributed by atoms with Gasteiger partial charge in [-0.1, -0.05) is 12.1 Å². The van der Waals surface area contributed by atoms with Gasteiger partial charge in [0.05, 0.1) is 24.6 Å². The molecule has 4 heteroatoms. The Balaban J connectivity index is 1.96. The van der Waals surface area contributed by atoms with Crippen LogP contribution in [0.2, 0.25) is 0 Å². The van der Waals surface area contributed by atoms with E-state index in [9.17, 15) is 0 Å². The molecule has 0 radical (unpaired) electrons. The molecular weight excluding hydrogens is 244 g/mol. The van der Waals surface area contributed by atoms with Gasteiger partial charge in [0.15, 0.2) is 0 Å². The number of morpholine rings is 1. The van der Waals surface area contributed by atoms with Crippen LogP contribution in [0.1, 0.15) is 6.42 Å². The van der Waals surface area contributed by atoms with Gasteiger partial charge in [-0.2, -0.15) is 11.8 Å². The van der Waals surface area contributed by atoms with Gasteiger partial charge >= 0.3 is 0 Å². The first kappa shape index (κ1) is 13.6. The Hall–Kier alpha value is -0.870. The third-order valence-corrected chi connectivity index (χ3v) is 3.79. The molecule has 100 valence electrons. The molecule has 0 aliphatic carbocycles. The van der Waals surface area contributed by atoms with Gasteiger partial charge < -0.3 is 15.0 Å². The zero-order valence-corrected chi connectivity index (χ0v) is 11.8. The van der Waals surface area contributed by atoms with Gasteiger partial charge in [0.25, 0.3) is 0 Å². The van der Waals surface area contributed by atoms with Gasteiger partial charge in [-0.15, -0.1) is 0 Å². The lowest BCUT2D eigenvalue weighted by Crippen LogP contribution is -2.36. The number of hydrogen-bond acceptors (Lipinski definition) is 4. The molecule has 0 spiro atoms. The summed E-state index contributed by atoms with van der Waals surface area (Å²) in [6.07, 6.45) is 3.36. The molecule has 1 aliphatic rings. The normalized spacial score (nSPS) is 15.7. The molecule has 0 bridgehead atoms. The standard InChI is InChI=1S/C14H22N2OS/c1-18-12-4-7-15-13-5-2-3-6-14(13)16-8-10-17-11-9-16/h2-3,5-6,15H,4,7-12H2,1H3.